The lowest BCUT2D eigenvalue weighted by atomic mass is 10.1. The predicted octanol–water partition coefficient (Wildman–Crippen LogP) is 4.62. The Hall–Kier alpha value is -1.77. The monoisotopic (exact) mass is 287 g/mol. The standard InChI is InChI=1S/C15H7Cl2NO/c16-9-5-8-6-13-10-3-1-2-4-11(10)15(19)18(13)14(8)12(17)7-9/h1-7H. The maximum atomic E-state index is 12.5. The maximum Gasteiger partial charge on any atom is 0.263 e. The molecule has 1 aliphatic rings. The van der Waals surface area contributed by atoms with Crippen LogP contribution in [0.25, 0.3) is 22.2 Å². The molecule has 0 saturated heterocycles. The molecule has 0 unspecified atom stereocenters. The van der Waals surface area contributed by atoms with Crippen LogP contribution in [0, 0.1) is 0 Å². The van der Waals surface area contributed by atoms with Crippen molar-refractivity contribution in [2.45, 2.75) is 0 Å². The van der Waals surface area contributed by atoms with Crippen molar-refractivity contribution in [2.75, 3.05) is 0 Å². The van der Waals surface area contributed by atoms with Gasteiger partial charge in [-0.15, -0.1) is 0 Å². The summed E-state index contributed by atoms with van der Waals surface area (Å²) in [6.45, 7) is 0. The highest BCUT2D eigenvalue weighted by molar-refractivity contribution is 6.39. The van der Waals surface area contributed by atoms with Crippen molar-refractivity contribution in [3.8, 4) is 11.3 Å². The van der Waals surface area contributed by atoms with Crippen LogP contribution in [-0.4, -0.2) is 10.5 Å². The summed E-state index contributed by atoms with van der Waals surface area (Å²) in [5.74, 6) is -0.0372. The SMILES string of the molecule is O=C1c2ccccc2-c2cc3cc(Cl)cc(Cl)c3n21. The number of rotatable bonds is 0. The number of hydrogen-bond donors (Lipinski definition) is 0. The first-order chi connectivity index (χ1) is 9.16. The largest absolute Gasteiger partial charge is 0.274 e. The molecule has 0 spiro atoms. The third-order valence-corrected chi connectivity index (χ3v) is 3.96. The number of fused-ring (bicyclic) bond motifs is 5. The van der Waals surface area contributed by atoms with Gasteiger partial charge in [-0.3, -0.25) is 9.36 Å². The van der Waals surface area contributed by atoms with Gasteiger partial charge in [-0.1, -0.05) is 41.4 Å². The van der Waals surface area contributed by atoms with Crippen LogP contribution in [0.2, 0.25) is 10.0 Å². The minimum atomic E-state index is -0.0372. The lowest BCUT2D eigenvalue weighted by Crippen LogP contribution is -2.05. The Morgan fingerprint density at radius 3 is 2.47 bits per heavy atom. The fourth-order valence-corrected chi connectivity index (χ4v) is 3.28. The molecule has 0 radical (unpaired) electrons. The maximum absolute atomic E-state index is 12.5. The van der Waals surface area contributed by atoms with Gasteiger partial charge in [0.1, 0.15) is 0 Å². The Morgan fingerprint density at radius 2 is 1.68 bits per heavy atom. The zero-order valence-electron chi connectivity index (χ0n) is 9.65. The molecule has 2 aromatic carbocycles. The van der Waals surface area contributed by atoms with E-state index in [9.17, 15) is 4.79 Å². The van der Waals surface area contributed by atoms with Gasteiger partial charge >= 0.3 is 0 Å². The van der Waals surface area contributed by atoms with E-state index >= 15 is 0 Å². The van der Waals surface area contributed by atoms with Crippen molar-refractivity contribution in [3.05, 3.63) is 58.1 Å². The minimum Gasteiger partial charge on any atom is -0.274 e. The second-order valence-corrected chi connectivity index (χ2v) is 5.38. The molecule has 0 N–H and O–H groups in total. The molecule has 2 heterocycles. The van der Waals surface area contributed by atoms with Gasteiger partial charge in [0.05, 0.1) is 16.2 Å². The zero-order valence-corrected chi connectivity index (χ0v) is 11.2. The lowest BCUT2D eigenvalue weighted by molar-refractivity contribution is 0.0973. The number of carbonyl (C=O) groups is 1. The second-order valence-electron chi connectivity index (χ2n) is 4.54. The molecule has 0 fully saturated rings. The van der Waals surface area contributed by atoms with Crippen LogP contribution >= 0.6 is 23.2 Å². The summed E-state index contributed by atoms with van der Waals surface area (Å²) in [5.41, 5.74) is 3.25. The fraction of sp³-hybridized carbons (Fsp3) is 0. The number of nitrogens with zero attached hydrogens (tertiary/aromatic N) is 1. The first-order valence-electron chi connectivity index (χ1n) is 5.81. The molecule has 92 valence electrons. The summed E-state index contributed by atoms with van der Waals surface area (Å²) < 4.78 is 1.67. The van der Waals surface area contributed by atoms with Crippen LogP contribution < -0.4 is 0 Å². The van der Waals surface area contributed by atoms with Crippen LogP contribution in [0.15, 0.2) is 42.5 Å². The van der Waals surface area contributed by atoms with E-state index in [1.165, 1.54) is 0 Å². The fourth-order valence-electron chi connectivity index (χ4n) is 2.69. The molecule has 0 amide bonds. The van der Waals surface area contributed by atoms with Crippen LogP contribution in [0.3, 0.4) is 0 Å². The minimum absolute atomic E-state index is 0.0372. The first-order valence-corrected chi connectivity index (χ1v) is 6.57. The summed E-state index contributed by atoms with van der Waals surface area (Å²) >= 11 is 12.2. The molecule has 0 aliphatic carbocycles. The van der Waals surface area contributed by atoms with E-state index in [-0.39, 0.29) is 5.91 Å². The number of halogens is 2. The molecule has 1 aliphatic heterocycles. The highest BCUT2D eigenvalue weighted by atomic mass is 35.5. The smallest absolute Gasteiger partial charge is 0.263 e. The third-order valence-electron chi connectivity index (χ3n) is 3.45. The quantitative estimate of drug-likeness (QED) is 0.463. The first kappa shape index (κ1) is 11.1. The predicted molar refractivity (Wildman–Crippen MR) is 77.1 cm³/mol. The lowest BCUT2D eigenvalue weighted by Gasteiger charge is -2.02. The van der Waals surface area contributed by atoms with Gasteiger partial charge in [0, 0.05) is 21.5 Å². The molecule has 0 atom stereocenters. The Balaban J connectivity index is 2.18. The molecule has 1 aromatic heterocycles. The topological polar surface area (TPSA) is 22.0 Å². The number of benzene rings is 2. The molecular weight excluding hydrogens is 281 g/mol. The van der Waals surface area contributed by atoms with Crippen LogP contribution in [0.4, 0.5) is 0 Å². The van der Waals surface area contributed by atoms with Crippen molar-refractivity contribution in [1.29, 1.82) is 0 Å². The van der Waals surface area contributed by atoms with Crippen LogP contribution in [0.1, 0.15) is 10.4 Å². The highest BCUT2D eigenvalue weighted by Crippen LogP contribution is 2.40. The van der Waals surface area contributed by atoms with Crippen molar-refractivity contribution in [3.63, 3.8) is 0 Å². The molecule has 0 bridgehead atoms. The molecule has 4 rings (SSSR count). The van der Waals surface area contributed by atoms with E-state index < -0.39 is 0 Å². The van der Waals surface area contributed by atoms with E-state index in [2.05, 4.69) is 0 Å². The zero-order chi connectivity index (χ0) is 13.1. The van der Waals surface area contributed by atoms with E-state index in [0.29, 0.717) is 15.6 Å². The number of hydrogen-bond acceptors (Lipinski definition) is 1. The van der Waals surface area contributed by atoms with Crippen molar-refractivity contribution >= 4 is 40.0 Å². The van der Waals surface area contributed by atoms with Gasteiger partial charge in [-0.2, -0.15) is 0 Å². The Labute approximate surface area is 119 Å². The molecule has 2 nitrogen and oxygen atoms in total. The van der Waals surface area contributed by atoms with E-state index in [4.69, 9.17) is 23.2 Å². The summed E-state index contributed by atoms with van der Waals surface area (Å²) in [4.78, 5) is 12.5. The van der Waals surface area contributed by atoms with Crippen molar-refractivity contribution in [2.24, 2.45) is 0 Å². The van der Waals surface area contributed by atoms with E-state index in [0.717, 1.165) is 22.2 Å². The average molecular weight is 288 g/mol. The molecule has 0 saturated carbocycles. The molecule has 4 heteroatoms. The van der Waals surface area contributed by atoms with Crippen LogP contribution in [0.5, 0.6) is 0 Å². The Morgan fingerprint density at radius 1 is 0.947 bits per heavy atom. The van der Waals surface area contributed by atoms with Crippen molar-refractivity contribution in [1.82, 2.24) is 4.57 Å². The summed E-state index contributed by atoms with van der Waals surface area (Å²) in [5, 5.41) is 1.95. The normalized spacial score (nSPS) is 12.8. The Bertz CT molecular complexity index is 864. The molecule has 19 heavy (non-hydrogen) atoms. The van der Waals surface area contributed by atoms with Gasteiger partial charge in [-0.25, -0.2) is 0 Å². The highest BCUT2D eigenvalue weighted by Gasteiger charge is 2.29. The Kier molecular flexibility index (Phi) is 2.12. The van der Waals surface area contributed by atoms with E-state index in [1.54, 1.807) is 10.6 Å². The van der Waals surface area contributed by atoms with Gasteiger partial charge < -0.3 is 0 Å². The second kappa shape index (κ2) is 3.62. The van der Waals surface area contributed by atoms with E-state index in [1.807, 2.05) is 36.4 Å². The van der Waals surface area contributed by atoms with Gasteiger partial charge in [0.2, 0.25) is 0 Å². The number of carbonyl (C=O) groups excluding carboxylic acids is 1. The van der Waals surface area contributed by atoms with Gasteiger partial charge in [0.25, 0.3) is 5.91 Å². The van der Waals surface area contributed by atoms with Gasteiger partial charge in [-0.05, 0) is 24.3 Å². The van der Waals surface area contributed by atoms with Gasteiger partial charge in [0.15, 0.2) is 0 Å². The third kappa shape index (κ3) is 1.36. The summed E-state index contributed by atoms with van der Waals surface area (Å²) in [6.07, 6.45) is 0. The summed E-state index contributed by atoms with van der Waals surface area (Å²) in [7, 11) is 0. The molecular formula is C15H7Cl2NO. The summed E-state index contributed by atoms with van der Waals surface area (Å²) in [6, 6.07) is 13.0. The number of aromatic nitrogens is 1. The molecule has 3 aromatic rings. The average Bonchev–Trinajstić information content (AvgIpc) is 2.87. The van der Waals surface area contributed by atoms with Crippen molar-refractivity contribution < 1.29 is 4.79 Å². The van der Waals surface area contributed by atoms with Crippen LogP contribution in [-0.2, 0) is 0 Å².